The van der Waals surface area contributed by atoms with E-state index in [0.717, 1.165) is 0 Å². The Morgan fingerprint density at radius 1 is 0.714 bits per heavy atom. The van der Waals surface area contributed by atoms with Crippen molar-refractivity contribution in [2.45, 2.75) is 0 Å². The first-order valence-corrected chi connectivity index (χ1v) is 10.1. The fourth-order valence-electron chi connectivity index (χ4n) is 0.373. The summed E-state index contributed by atoms with van der Waals surface area (Å²) >= 11 is 0. The van der Waals surface area contributed by atoms with Gasteiger partial charge in [-0.25, -0.2) is 0 Å². The Balaban J connectivity index is 6.44. The molecule has 0 saturated carbocycles. The van der Waals surface area contributed by atoms with Crippen LogP contribution in [0.2, 0.25) is 0 Å². The van der Waals surface area contributed by atoms with E-state index in [-0.39, 0.29) is 0 Å². The number of hydrogen-bond donors (Lipinski definition) is 2. The maximum absolute atomic E-state index is 10.4. The summed E-state index contributed by atoms with van der Waals surface area (Å²) in [4.78, 5) is 0. The van der Waals surface area contributed by atoms with Crippen LogP contribution in [0.15, 0.2) is 0 Å². The molecule has 0 heterocycles. The van der Waals surface area contributed by atoms with Crippen LogP contribution in [0.3, 0.4) is 0 Å². The van der Waals surface area contributed by atoms with E-state index < -0.39 is 28.2 Å². The third-order valence-corrected chi connectivity index (χ3v) is 17.6. The van der Waals surface area contributed by atoms with Crippen LogP contribution in [0.25, 0.3) is 0 Å². The van der Waals surface area contributed by atoms with Crippen molar-refractivity contribution in [3.05, 3.63) is 0 Å². The van der Waals surface area contributed by atoms with E-state index in [2.05, 4.69) is 9.35 Å². The Labute approximate surface area is 76.3 Å². The summed E-state index contributed by atoms with van der Waals surface area (Å²) < 4.78 is 68.5. The predicted octanol–water partition coefficient (Wildman–Crippen LogP) is 2.61. The molecule has 0 aliphatic carbocycles. The molecular weight excluding hydrogens is 284 g/mol. The molecule has 0 aliphatic heterocycles. The minimum absolute atomic E-state index is 2.93. The van der Waals surface area contributed by atoms with Crippen LogP contribution >= 0.6 is 28.2 Å². The molecule has 82 valence electrons. The molecule has 0 saturated heterocycles. The van der Waals surface area contributed by atoms with Gasteiger partial charge in [-0.05, 0) is 0 Å². The molecule has 14 heteroatoms. The van der Waals surface area contributed by atoms with Crippen molar-refractivity contribution < 1.29 is 47.3 Å². The summed E-state index contributed by atoms with van der Waals surface area (Å²) in [5, 5.41) is 16.1. The quantitative estimate of drug-likeness (QED) is 0.436. The molecule has 2 N–H and O–H groups in total. The van der Waals surface area contributed by atoms with Crippen LogP contribution < -0.4 is 0 Å². The third kappa shape index (κ3) is 1.41. The monoisotopic (exact) mass is 286 g/mol. The molecule has 0 fully saturated rings. The van der Waals surface area contributed by atoms with Crippen LogP contribution in [0.5, 0.6) is 0 Å². The molecule has 0 aromatic heterocycles. The first-order valence-electron chi connectivity index (χ1n) is 2.43. The Bertz CT molecular complexity index is 341. The van der Waals surface area contributed by atoms with Gasteiger partial charge < -0.3 is 0 Å². The van der Waals surface area contributed by atoms with Gasteiger partial charge in [0, 0.05) is 0 Å². The molecule has 0 radical (unpaired) electrons. The van der Waals surface area contributed by atoms with Gasteiger partial charge in [-0.3, -0.25) is 0 Å². The van der Waals surface area contributed by atoms with Gasteiger partial charge in [-0.2, -0.15) is 0 Å². The average molecular weight is 286 g/mol. The van der Waals surface area contributed by atoms with Crippen molar-refractivity contribution in [2.75, 3.05) is 0 Å². The summed E-state index contributed by atoms with van der Waals surface area (Å²) in [6.45, 7) is 0. The zero-order valence-electron chi connectivity index (χ0n) is 5.95. The van der Waals surface area contributed by atoms with Crippen molar-refractivity contribution in [1.82, 2.24) is 0 Å². The molecule has 0 atom stereocenters. The molecule has 0 rings (SSSR count). The molecule has 0 amide bonds. The zero-order chi connectivity index (χ0) is 11.6. The predicted molar refractivity (Wildman–Crippen MR) is 39.2 cm³/mol. The Hall–Kier alpha value is -0.0300. The molecular formula is H2O10P4. The number of hydrogen-bond acceptors (Lipinski definition) is 10. The second-order valence-corrected chi connectivity index (χ2v) is 17.4. The molecule has 14 heavy (non-hydrogen) atoms. The molecule has 0 unspecified atom stereocenters. The molecule has 0 aromatic rings. The molecule has 0 aliphatic rings. The van der Waals surface area contributed by atoms with Gasteiger partial charge >= 0.3 is 75.5 Å². The van der Waals surface area contributed by atoms with Crippen LogP contribution in [0, 0.1) is 0 Å². The third-order valence-electron chi connectivity index (χ3n) is 1.12. The van der Waals surface area contributed by atoms with Crippen LogP contribution in [-0.4, -0.2) is 10.5 Å². The van der Waals surface area contributed by atoms with Crippen LogP contribution in [-0.2, 0) is 36.7 Å². The van der Waals surface area contributed by atoms with Gasteiger partial charge in [0.2, 0.25) is 0 Å². The summed E-state index contributed by atoms with van der Waals surface area (Å²) in [7, 11) is -13.3. The van der Waals surface area contributed by atoms with Crippen molar-refractivity contribution >= 4 is 28.2 Å². The Morgan fingerprint density at radius 2 is 0.929 bits per heavy atom. The van der Waals surface area contributed by atoms with E-state index >= 15 is 0 Å². The van der Waals surface area contributed by atoms with Crippen molar-refractivity contribution in [3.8, 4) is 0 Å². The first kappa shape index (κ1) is 14.0. The van der Waals surface area contributed by atoms with E-state index in [4.69, 9.17) is 10.5 Å². The summed E-state index contributed by atoms with van der Waals surface area (Å²) in [5.41, 5.74) is 0. The van der Waals surface area contributed by atoms with E-state index in [1.54, 1.807) is 0 Å². The van der Waals surface area contributed by atoms with Gasteiger partial charge in [-0.1, -0.05) is 0 Å². The SMILES string of the molecule is O=P(=O)P(OO)(OO)(P(=O)=O)P(=O)=O. The Kier molecular flexibility index (Phi) is 4.22. The second kappa shape index (κ2) is 4.23. The summed E-state index contributed by atoms with van der Waals surface area (Å²) in [6, 6.07) is 0. The molecule has 0 aromatic carbocycles. The first-order chi connectivity index (χ1) is 6.29. The van der Waals surface area contributed by atoms with Gasteiger partial charge in [0.15, 0.2) is 0 Å². The fraction of sp³-hybridized carbons (Fsp3) is 0. The van der Waals surface area contributed by atoms with E-state index in [9.17, 15) is 27.4 Å². The number of rotatable bonds is 5. The topological polar surface area (TPSA) is 161 Å². The van der Waals surface area contributed by atoms with Crippen LogP contribution in [0.4, 0.5) is 0 Å². The minimum atomic E-state index is -6.53. The summed E-state index contributed by atoms with van der Waals surface area (Å²) in [6.07, 6.45) is -6.53. The fourth-order valence-corrected chi connectivity index (χ4v) is 6.48. The van der Waals surface area contributed by atoms with Crippen molar-refractivity contribution in [1.29, 1.82) is 0 Å². The van der Waals surface area contributed by atoms with E-state index in [0.29, 0.717) is 0 Å². The van der Waals surface area contributed by atoms with Crippen molar-refractivity contribution in [3.63, 3.8) is 0 Å². The van der Waals surface area contributed by atoms with Gasteiger partial charge in [0.1, 0.15) is 0 Å². The summed E-state index contributed by atoms with van der Waals surface area (Å²) in [5.74, 6) is 0. The standard InChI is InChI=1S/H2O10P4/c1-9-14(10-2,11(3)4,12(5)6)13(7)8/h1-2H. The molecule has 0 bridgehead atoms. The zero-order valence-corrected chi connectivity index (χ0v) is 9.53. The van der Waals surface area contributed by atoms with Crippen molar-refractivity contribution in [2.24, 2.45) is 0 Å². The molecule has 0 spiro atoms. The van der Waals surface area contributed by atoms with E-state index in [1.807, 2.05) is 0 Å². The Morgan fingerprint density at radius 3 is 0.929 bits per heavy atom. The van der Waals surface area contributed by atoms with Gasteiger partial charge in [0.25, 0.3) is 0 Å². The average Bonchev–Trinajstić information content (AvgIpc) is 2.06. The normalized spacial score (nSPS) is 14.0. The molecule has 10 nitrogen and oxygen atoms in total. The maximum atomic E-state index is 10.4. The second-order valence-electron chi connectivity index (χ2n) is 1.71. The van der Waals surface area contributed by atoms with Gasteiger partial charge in [-0.15, -0.1) is 0 Å². The van der Waals surface area contributed by atoms with Crippen LogP contribution in [0.1, 0.15) is 0 Å². The van der Waals surface area contributed by atoms with E-state index in [1.165, 1.54) is 0 Å². The van der Waals surface area contributed by atoms with Gasteiger partial charge in [0.05, 0.1) is 0 Å².